The molecule has 0 atom stereocenters. The molecule has 0 spiro atoms. The van der Waals surface area contributed by atoms with Crippen molar-refractivity contribution in [3.05, 3.63) is 59.7 Å². The highest BCUT2D eigenvalue weighted by Gasteiger charge is 2.26. The predicted octanol–water partition coefficient (Wildman–Crippen LogP) is 3.57. The van der Waals surface area contributed by atoms with Crippen molar-refractivity contribution in [2.45, 2.75) is 5.25 Å². The Labute approximate surface area is 111 Å². The second kappa shape index (κ2) is 5.04. The minimum absolute atomic E-state index is 0.328. The van der Waals surface area contributed by atoms with Crippen molar-refractivity contribution >= 4 is 11.8 Å². The lowest BCUT2D eigenvalue weighted by atomic mass is 10.00. The summed E-state index contributed by atoms with van der Waals surface area (Å²) in [4.78, 5) is 0. The Morgan fingerprint density at radius 2 is 1.50 bits per heavy atom. The van der Waals surface area contributed by atoms with Crippen molar-refractivity contribution in [1.29, 1.82) is 0 Å². The van der Waals surface area contributed by atoms with Crippen LogP contribution in [0.4, 0.5) is 0 Å². The molecule has 3 rings (SSSR count). The molecular weight excluding hydrogens is 242 g/mol. The van der Waals surface area contributed by atoms with Gasteiger partial charge in [0.2, 0.25) is 0 Å². The molecule has 0 bridgehead atoms. The van der Waals surface area contributed by atoms with Crippen LogP contribution in [0.3, 0.4) is 0 Å². The third-order valence-corrected chi connectivity index (χ3v) is 4.34. The molecule has 2 nitrogen and oxygen atoms in total. The summed E-state index contributed by atoms with van der Waals surface area (Å²) in [6, 6.07) is 16.5. The molecule has 0 saturated carbocycles. The molecule has 0 aliphatic carbocycles. The van der Waals surface area contributed by atoms with E-state index in [0.29, 0.717) is 11.8 Å². The maximum atomic E-state index is 5.94. The van der Waals surface area contributed by atoms with Crippen molar-refractivity contribution in [3.63, 3.8) is 0 Å². The average molecular weight is 257 g/mol. The van der Waals surface area contributed by atoms with Crippen molar-refractivity contribution < 1.29 is 4.74 Å². The topological polar surface area (TPSA) is 35.2 Å². The maximum absolute atomic E-state index is 5.94. The van der Waals surface area contributed by atoms with Gasteiger partial charge in [-0.15, -0.1) is 11.8 Å². The van der Waals surface area contributed by atoms with Gasteiger partial charge in [0.15, 0.2) is 0 Å². The van der Waals surface area contributed by atoms with E-state index in [2.05, 4.69) is 24.3 Å². The molecule has 1 aliphatic heterocycles. The van der Waals surface area contributed by atoms with Crippen LogP contribution < -0.4 is 10.5 Å². The Morgan fingerprint density at radius 1 is 0.944 bits per heavy atom. The number of nitrogens with two attached hydrogens (primary N) is 1. The van der Waals surface area contributed by atoms with Crippen molar-refractivity contribution in [3.8, 4) is 11.5 Å². The van der Waals surface area contributed by atoms with Gasteiger partial charge in [-0.1, -0.05) is 36.4 Å². The molecule has 92 valence electrons. The quantitative estimate of drug-likeness (QED) is 0.913. The summed E-state index contributed by atoms with van der Waals surface area (Å²) in [5.41, 5.74) is 8.12. The van der Waals surface area contributed by atoms with Crippen LogP contribution in [0.15, 0.2) is 48.5 Å². The van der Waals surface area contributed by atoms with Crippen molar-refractivity contribution in [1.82, 2.24) is 0 Å². The Balaban J connectivity index is 2.05. The van der Waals surface area contributed by atoms with Crippen molar-refractivity contribution in [2.75, 3.05) is 12.3 Å². The Kier molecular flexibility index (Phi) is 3.26. The molecule has 1 aliphatic rings. The molecule has 0 fully saturated rings. The van der Waals surface area contributed by atoms with Crippen LogP contribution >= 0.6 is 11.8 Å². The lowest BCUT2D eigenvalue weighted by molar-refractivity contribution is 0.459. The minimum atomic E-state index is 0.328. The van der Waals surface area contributed by atoms with Gasteiger partial charge in [-0.25, -0.2) is 0 Å². The van der Waals surface area contributed by atoms with Gasteiger partial charge in [0.25, 0.3) is 0 Å². The van der Waals surface area contributed by atoms with Gasteiger partial charge < -0.3 is 10.5 Å². The minimum Gasteiger partial charge on any atom is -0.457 e. The maximum Gasteiger partial charge on any atom is 0.132 e. The monoisotopic (exact) mass is 257 g/mol. The molecule has 0 radical (unpaired) electrons. The number of benzene rings is 2. The zero-order valence-electron chi connectivity index (χ0n) is 10.0. The smallest absolute Gasteiger partial charge is 0.132 e. The summed E-state index contributed by atoms with van der Waals surface area (Å²) in [5, 5.41) is 0.328. The first-order valence-corrected chi connectivity index (χ1v) is 7.12. The molecule has 3 heteroatoms. The summed E-state index contributed by atoms with van der Waals surface area (Å²) in [5.74, 6) is 2.88. The van der Waals surface area contributed by atoms with Gasteiger partial charge >= 0.3 is 0 Å². The van der Waals surface area contributed by atoms with Crippen LogP contribution in [0.25, 0.3) is 0 Å². The average Bonchev–Trinajstić information content (AvgIpc) is 2.43. The van der Waals surface area contributed by atoms with E-state index in [-0.39, 0.29) is 0 Å². The fraction of sp³-hybridized carbons (Fsp3) is 0.200. The fourth-order valence-electron chi connectivity index (χ4n) is 2.23. The van der Waals surface area contributed by atoms with Gasteiger partial charge in [-0.3, -0.25) is 0 Å². The number of rotatable bonds is 3. The largest absolute Gasteiger partial charge is 0.457 e. The van der Waals surface area contributed by atoms with Gasteiger partial charge in [-0.2, -0.15) is 0 Å². The number of ether oxygens (including phenoxy) is 1. The SMILES string of the molecule is NCCSC1c2ccccc2Oc2ccccc21. The van der Waals surface area contributed by atoms with Crippen LogP contribution in [0.2, 0.25) is 0 Å². The van der Waals surface area contributed by atoms with E-state index in [1.54, 1.807) is 0 Å². The number of hydrogen-bond donors (Lipinski definition) is 1. The lowest BCUT2D eigenvalue weighted by Crippen LogP contribution is -2.10. The number of para-hydroxylation sites is 2. The van der Waals surface area contributed by atoms with E-state index in [0.717, 1.165) is 17.3 Å². The molecule has 18 heavy (non-hydrogen) atoms. The van der Waals surface area contributed by atoms with Gasteiger partial charge in [0, 0.05) is 23.4 Å². The zero-order chi connectivity index (χ0) is 12.4. The van der Waals surface area contributed by atoms with Crippen LogP contribution in [-0.2, 0) is 0 Å². The van der Waals surface area contributed by atoms with Gasteiger partial charge in [-0.05, 0) is 12.1 Å². The third-order valence-electron chi connectivity index (χ3n) is 3.03. The van der Waals surface area contributed by atoms with Crippen LogP contribution in [-0.4, -0.2) is 12.3 Å². The number of thioether (sulfide) groups is 1. The van der Waals surface area contributed by atoms with E-state index in [9.17, 15) is 0 Å². The highest BCUT2D eigenvalue weighted by molar-refractivity contribution is 7.99. The van der Waals surface area contributed by atoms with E-state index in [4.69, 9.17) is 10.5 Å². The zero-order valence-corrected chi connectivity index (χ0v) is 10.8. The van der Waals surface area contributed by atoms with Crippen LogP contribution in [0.1, 0.15) is 16.4 Å². The second-order valence-electron chi connectivity index (χ2n) is 4.22. The van der Waals surface area contributed by atoms with E-state index in [1.165, 1.54) is 11.1 Å². The summed E-state index contributed by atoms with van der Waals surface area (Å²) in [7, 11) is 0. The Morgan fingerprint density at radius 3 is 2.06 bits per heavy atom. The predicted molar refractivity (Wildman–Crippen MR) is 76.3 cm³/mol. The standard InChI is InChI=1S/C15H15NOS/c16-9-10-18-15-11-5-1-3-7-13(11)17-14-8-4-2-6-12(14)15/h1-8,15H,9-10,16H2. The molecule has 0 amide bonds. The molecule has 2 aromatic rings. The van der Waals surface area contributed by atoms with Gasteiger partial charge in [0.05, 0.1) is 5.25 Å². The van der Waals surface area contributed by atoms with Gasteiger partial charge in [0.1, 0.15) is 11.5 Å². The molecule has 2 aromatic carbocycles. The summed E-state index contributed by atoms with van der Waals surface area (Å²) >= 11 is 1.88. The molecule has 0 aromatic heterocycles. The lowest BCUT2D eigenvalue weighted by Gasteiger charge is -2.27. The fourth-order valence-corrected chi connectivity index (χ4v) is 3.35. The second-order valence-corrected chi connectivity index (χ2v) is 5.43. The first-order chi connectivity index (χ1) is 8.90. The molecule has 0 saturated heterocycles. The Hall–Kier alpha value is -1.45. The van der Waals surface area contributed by atoms with Crippen molar-refractivity contribution in [2.24, 2.45) is 5.73 Å². The molecule has 2 N–H and O–H groups in total. The molecule has 1 heterocycles. The molecule has 0 unspecified atom stereocenters. The highest BCUT2D eigenvalue weighted by atomic mass is 32.2. The number of hydrogen-bond acceptors (Lipinski definition) is 3. The summed E-state index contributed by atoms with van der Waals surface area (Å²) in [6.07, 6.45) is 0. The van der Waals surface area contributed by atoms with E-state index < -0.39 is 0 Å². The molecular formula is C15H15NOS. The van der Waals surface area contributed by atoms with Crippen LogP contribution in [0.5, 0.6) is 11.5 Å². The van der Waals surface area contributed by atoms with E-state index in [1.807, 2.05) is 36.0 Å². The summed E-state index contributed by atoms with van der Waals surface area (Å²) in [6.45, 7) is 0.701. The Bertz CT molecular complexity index is 510. The normalized spacial score (nSPS) is 13.6. The first-order valence-electron chi connectivity index (χ1n) is 6.07. The number of fused-ring (bicyclic) bond motifs is 2. The van der Waals surface area contributed by atoms with E-state index >= 15 is 0 Å². The third kappa shape index (κ3) is 2.00. The van der Waals surface area contributed by atoms with Crippen LogP contribution in [0, 0.1) is 0 Å². The highest BCUT2D eigenvalue weighted by Crippen LogP contribution is 2.48. The first kappa shape index (κ1) is 11.6. The summed E-state index contributed by atoms with van der Waals surface area (Å²) < 4.78 is 5.94.